The van der Waals surface area contributed by atoms with Gasteiger partial charge in [-0.2, -0.15) is 0 Å². The van der Waals surface area contributed by atoms with E-state index in [1.807, 2.05) is 0 Å². The van der Waals surface area contributed by atoms with Gasteiger partial charge in [0.15, 0.2) is 11.6 Å². The fourth-order valence-corrected chi connectivity index (χ4v) is 3.01. The fourth-order valence-electron chi connectivity index (χ4n) is 3.01. The predicted molar refractivity (Wildman–Crippen MR) is 102 cm³/mol. The number of carbonyl (C=O) groups excluding carboxylic acids is 1. The molecule has 0 saturated carbocycles. The lowest BCUT2D eigenvalue weighted by Gasteiger charge is -2.30. The molecule has 0 aromatic heterocycles. The van der Waals surface area contributed by atoms with Crippen LogP contribution in [0.15, 0.2) is 42.5 Å². The van der Waals surface area contributed by atoms with Crippen LogP contribution >= 0.6 is 0 Å². The molecule has 2 N–H and O–H groups in total. The number of halogens is 1. The van der Waals surface area contributed by atoms with Crippen molar-refractivity contribution < 1.29 is 28.6 Å². The van der Waals surface area contributed by atoms with Gasteiger partial charge < -0.3 is 19.9 Å². The van der Waals surface area contributed by atoms with E-state index in [0.717, 1.165) is 0 Å². The summed E-state index contributed by atoms with van der Waals surface area (Å²) < 4.78 is 24.4. The molecule has 6 nitrogen and oxygen atoms in total. The van der Waals surface area contributed by atoms with Crippen molar-refractivity contribution in [1.29, 1.82) is 0 Å². The van der Waals surface area contributed by atoms with Gasteiger partial charge in [-0.3, -0.25) is 9.59 Å². The number of ether oxygens (including phenoxy) is 2. The Morgan fingerprint density at radius 3 is 2.50 bits per heavy atom. The third kappa shape index (κ3) is 5.22. The Morgan fingerprint density at radius 1 is 1.14 bits per heavy atom. The maximum atomic E-state index is 14.2. The Bertz CT molecular complexity index is 854. The van der Waals surface area contributed by atoms with Crippen LogP contribution in [0.2, 0.25) is 0 Å². The van der Waals surface area contributed by atoms with Crippen LogP contribution in [0.3, 0.4) is 0 Å². The summed E-state index contributed by atoms with van der Waals surface area (Å²) >= 11 is 0. The van der Waals surface area contributed by atoms with Crippen molar-refractivity contribution in [3.63, 3.8) is 0 Å². The molecule has 1 atom stereocenters. The number of benzene rings is 2. The van der Waals surface area contributed by atoms with Gasteiger partial charge in [-0.05, 0) is 42.7 Å². The summed E-state index contributed by atoms with van der Waals surface area (Å²) in [5, 5.41) is 12.1. The summed E-state index contributed by atoms with van der Waals surface area (Å²) in [5.74, 6) is -1.26. The van der Waals surface area contributed by atoms with Gasteiger partial charge in [0, 0.05) is 6.42 Å². The highest BCUT2D eigenvalue weighted by Gasteiger charge is 2.31. The summed E-state index contributed by atoms with van der Waals surface area (Å²) in [6.07, 6.45) is -0.140. The number of carboxylic acid groups (broad SMARTS) is 1. The minimum Gasteiger partial charge on any atom is -0.497 e. The SMILES string of the molecule is COc1cccc(C(C)(CC(=O)O)NC(=O)CCc2cccc(OC)c2F)c1. The van der Waals surface area contributed by atoms with Crippen molar-refractivity contribution in [2.45, 2.75) is 31.7 Å². The monoisotopic (exact) mass is 389 g/mol. The fraction of sp³-hybridized carbons (Fsp3) is 0.333. The Morgan fingerprint density at radius 2 is 1.86 bits per heavy atom. The first kappa shape index (κ1) is 21.2. The average molecular weight is 389 g/mol. The predicted octanol–water partition coefficient (Wildman–Crippen LogP) is 3.28. The Kier molecular flexibility index (Phi) is 6.98. The largest absolute Gasteiger partial charge is 0.497 e. The third-order valence-electron chi connectivity index (χ3n) is 4.51. The van der Waals surface area contributed by atoms with Crippen LogP contribution in [0.5, 0.6) is 11.5 Å². The van der Waals surface area contributed by atoms with Gasteiger partial charge >= 0.3 is 5.97 Å². The van der Waals surface area contributed by atoms with Crippen LogP contribution in [0.1, 0.15) is 30.9 Å². The average Bonchev–Trinajstić information content (AvgIpc) is 2.66. The molecule has 0 aliphatic rings. The van der Waals surface area contributed by atoms with Crippen molar-refractivity contribution >= 4 is 11.9 Å². The van der Waals surface area contributed by atoms with Crippen LogP contribution in [0.25, 0.3) is 0 Å². The summed E-state index contributed by atoms with van der Waals surface area (Å²) in [7, 11) is 2.88. The molecule has 1 amide bonds. The quantitative estimate of drug-likeness (QED) is 0.688. The number of amides is 1. The van der Waals surface area contributed by atoms with E-state index >= 15 is 0 Å². The van der Waals surface area contributed by atoms with Gasteiger partial charge in [0.1, 0.15) is 5.75 Å². The smallest absolute Gasteiger partial charge is 0.306 e. The van der Waals surface area contributed by atoms with E-state index < -0.39 is 17.3 Å². The number of carboxylic acids is 1. The number of aryl methyl sites for hydroxylation is 1. The van der Waals surface area contributed by atoms with Crippen LogP contribution in [-0.4, -0.2) is 31.2 Å². The van der Waals surface area contributed by atoms with Crippen LogP contribution in [-0.2, 0) is 21.5 Å². The van der Waals surface area contributed by atoms with Gasteiger partial charge in [0.05, 0.1) is 26.2 Å². The second kappa shape index (κ2) is 9.21. The van der Waals surface area contributed by atoms with Crippen molar-refractivity contribution in [2.75, 3.05) is 14.2 Å². The maximum Gasteiger partial charge on any atom is 0.306 e. The molecule has 0 fully saturated rings. The van der Waals surface area contributed by atoms with E-state index in [2.05, 4.69) is 5.32 Å². The Hall–Kier alpha value is -3.09. The minimum absolute atomic E-state index is 0.00324. The molecule has 0 heterocycles. The van der Waals surface area contributed by atoms with E-state index in [1.165, 1.54) is 20.3 Å². The number of rotatable bonds is 9. The van der Waals surface area contributed by atoms with Crippen molar-refractivity contribution in [2.24, 2.45) is 0 Å². The first-order chi connectivity index (χ1) is 13.3. The van der Waals surface area contributed by atoms with E-state index in [-0.39, 0.29) is 30.9 Å². The highest BCUT2D eigenvalue weighted by molar-refractivity contribution is 5.79. The lowest BCUT2D eigenvalue weighted by molar-refractivity contribution is -0.139. The molecule has 0 spiro atoms. The number of aliphatic carboxylic acids is 1. The van der Waals surface area contributed by atoms with E-state index in [0.29, 0.717) is 16.9 Å². The molecular formula is C21H24FNO5. The van der Waals surface area contributed by atoms with Crippen molar-refractivity contribution in [3.8, 4) is 11.5 Å². The van der Waals surface area contributed by atoms with E-state index in [9.17, 15) is 19.1 Å². The van der Waals surface area contributed by atoms with Crippen LogP contribution < -0.4 is 14.8 Å². The molecule has 0 aliphatic heterocycles. The van der Waals surface area contributed by atoms with Gasteiger partial charge in [0.2, 0.25) is 5.91 Å². The topological polar surface area (TPSA) is 84.9 Å². The maximum absolute atomic E-state index is 14.2. The molecule has 2 rings (SSSR count). The molecule has 0 aliphatic carbocycles. The van der Waals surface area contributed by atoms with Crippen LogP contribution in [0, 0.1) is 5.82 Å². The third-order valence-corrected chi connectivity index (χ3v) is 4.51. The zero-order chi connectivity index (χ0) is 20.7. The van der Waals surface area contributed by atoms with Gasteiger partial charge in [-0.1, -0.05) is 24.3 Å². The van der Waals surface area contributed by atoms with Crippen LogP contribution in [0.4, 0.5) is 4.39 Å². The molecule has 0 saturated heterocycles. The van der Waals surface area contributed by atoms with Crippen molar-refractivity contribution in [3.05, 3.63) is 59.4 Å². The van der Waals surface area contributed by atoms with E-state index in [4.69, 9.17) is 9.47 Å². The lowest BCUT2D eigenvalue weighted by atomic mass is 9.88. The zero-order valence-electron chi connectivity index (χ0n) is 16.1. The molecule has 150 valence electrons. The molecule has 0 radical (unpaired) electrons. The second-order valence-electron chi connectivity index (χ2n) is 6.62. The van der Waals surface area contributed by atoms with Gasteiger partial charge in [0.25, 0.3) is 0 Å². The molecule has 2 aromatic carbocycles. The number of nitrogens with one attached hydrogen (secondary N) is 1. The van der Waals surface area contributed by atoms with Gasteiger partial charge in [-0.15, -0.1) is 0 Å². The second-order valence-corrected chi connectivity index (χ2v) is 6.62. The molecule has 7 heteroatoms. The van der Waals surface area contributed by atoms with E-state index in [1.54, 1.807) is 43.3 Å². The first-order valence-electron chi connectivity index (χ1n) is 8.78. The lowest BCUT2D eigenvalue weighted by Crippen LogP contribution is -2.45. The standard InChI is InChI=1S/C21H24FNO5/c1-21(13-19(25)26,15-7-5-8-16(12-15)27-2)23-18(24)11-10-14-6-4-9-17(28-3)20(14)22/h4-9,12H,10-11,13H2,1-3H3,(H,23,24)(H,25,26). The molecular weight excluding hydrogens is 365 g/mol. The molecule has 1 unspecified atom stereocenters. The number of hydrogen-bond acceptors (Lipinski definition) is 4. The van der Waals surface area contributed by atoms with Gasteiger partial charge in [-0.25, -0.2) is 4.39 Å². The highest BCUT2D eigenvalue weighted by Crippen LogP contribution is 2.28. The number of carbonyl (C=O) groups is 2. The Labute approximate surface area is 163 Å². The highest BCUT2D eigenvalue weighted by atomic mass is 19.1. The Balaban J connectivity index is 2.15. The number of hydrogen-bond donors (Lipinski definition) is 2. The zero-order valence-corrected chi connectivity index (χ0v) is 16.1. The summed E-state index contributed by atoms with van der Waals surface area (Å²) in [6, 6.07) is 11.6. The summed E-state index contributed by atoms with van der Waals surface area (Å²) in [4.78, 5) is 23.9. The first-order valence-corrected chi connectivity index (χ1v) is 8.78. The summed E-state index contributed by atoms with van der Waals surface area (Å²) in [6.45, 7) is 1.64. The normalized spacial score (nSPS) is 12.7. The molecule has 0 bridgehead atoms. The number of methoxy groups -OCH3 is 2. The molecule has 28 heavy (non-hydrogen) atoms. The van der Waals surface area contributed by atoms with Crippen molar-refractivity contribution in [1.82, 2.24) is 5.32 Å². The summed E-state index contributed by atoms with van der Waals surface area (Å²) in [5.41, 5.74) is -0.171. The minimum atomic E-state index is -1.13. The molecule has 2 aromatic rings.